The van der Waals surface area contributed by atoms with E-state index in [0.717, 1.165) is 21.8 Å². The second-order valence-corrected chi connectivity index (χ2v) is 7.11. The Kier molecular flexibility index (Phi) is 4.85. The SMILES string of the molecule is Cc1ccc(COc2cccc(/C=C3\N=C(c4cccs4)OC3=O)c2)cc1. The molecule has 0 saturated carbocycles. The third-order valence-corrected chi connectivity index (χ3v) is 4.90. The average Bonchev–Trinajstić information content (AvgIpc) is 3.32. The number of carbonyl (C=O) groups is 1. The lowest BCUT2D eigenvalue weighted by Gasteiger charge is -2.07. The lowest BCUT2D eigenvalue weighted by molar-refractivity contribution is -0.129. The third kappa shape index (κ3) is 4.15. The summed E-state index contributed by atoms with van der Waals surface area (Å²) >= 11 is 1.48. The number of nitrogens with zero attached hydrogens (tertiary/aromatic N) is 1. The summed E-state index contributed by atoms with van der Waals surface area (Å²) in [5.74, 6) is 0.649. The van der Waals surface area contributed by atoms with Crippen LogP contribution in [0.4, 0.5) is 0 Å². The van der Waals surface area contributed by atoms with Gasteiger partial charge in [-0.05, 0) is 47.7 Å². The smallest absolute Gasteiger partial charge is 0.363 e. The van der Waals surface area contributed by atoms with Crippen LogP contribution in [-0.2, 0) is 16.1 Å². The molecule has 1 aliphatic rings. The van der Waals surface area contributed by atoms with Crippen LogP contribution in [0.15, 0.2) is 76.7 Å². The number of aliphatic imine (C=N–C) groups is 1. The van der Waals surface area contributed by atoms with Crippen molar-refractivity contribution in [1.82, 2.24) is 0 Å². The fraction of sp³-hybridized carbons (Fsp3) is 0.0909. The maximum Gasteiger partial charge on any atom is 0.363 e. The van der Waals surface area contributed by atoms with Gasteiger partial charge in [0, 0.05) is 0 Å². The van der Waals surface area contributed by atoms with Gasteiger partial charge in [0.2, 0.25) is 5.90 Å². The first kappa shape index (κ1) is 17.2. The Bertz CT molecular complexity index is 1020. The van der Waals surface area contributed by atoms with Crippen LogP contribution < -0.4 is 4.74 Å². The van der Waals surface area contributed by atoms with Crippen LogP contribution in [0.1, 0.15) is 21.6 Å². The molecule has 0 N–H and O–H groups in total. The van der Waals surface area contributed by atoms with E-state index in [1.54, 1.807) is 6.08 Å². The Morgan fingerprint density at radius 2 is 1.96 bits per heavy atom. The molecule has 1 aromatic heterocycles. The maximum absolute atomic E-state index is 12.1. The van der Waals surface area contributed by atoms with E-state index in [-0.39, 0.29) is 5.70 Å². The minimum Gasteiger partial charge on any atom is -0.489 e. The maximum atomic E-state index is 12.1. The van der Waals surface area contributed by atoms with Crippen molar-refractivity contribution in [2.75, 3.05) is 0 Å². The summed E-state index contributed by atoms with van der Waals surface area (Å²) < 4.78 is 11.1. The Morgan fingerprint density at radius 3 is 2.74 bits per heavy atom. The number of ether oxygens (including phenoxy) is 2. The fourth-order valence-corrected chi connectivity index (χ4v) is 3.27. The normalized spacial score (nSPS) is 14.9. The molecule has 0 radical (unpaired) electrons. The number of aryl methyl sites for hydroxylation is 1. The van der Waals surface area contributed by atoms with Gasteiger partial charge in [-0.1, -0.05) is 48.0 Å². The quantitative estimate of drug-likeness (QED) is 0.467. The number of cyclic esters (lactones) is 1. The fourth-order valence-electron chi connectivity index (χ4n) is 2.62. The van der Waals surface area contributed by atoms with Crippen LogP contribution in [-0.4, -0.2) is 11.9 Å². The highest BCUT2D eigenvalue weighted by atomic mass is 32.1. The molecule has 0 amide bonds. The van der Waals surface area contributed by atoms with Crippen molar-refractivity contribution in [2.45, 2.75) is 13.5 Å². The molecule has 134 valence electrons. The summed E-state index contributed by atoms with van der Waals surface area (Å²) in [6.07, 6.45) is 1.71. The van der Waals surface area contributed by atoms with Crippen molar-refractivity contribution < 1.29 is 14.3 Å². The molecule has 27 heavy (non-hydrogen) atoms. The van der Waals surface area contributed by atoms with E-state index in [9.17, 15) is 4.79 Å². The van der Waals surface area contributed by atoms with E-state index >= 15 is 0 Å². The summed E-state index contributed by atoms with van der Waals surface area (Å²) in [6, 6.07) is 19.6. The second kappa shape index (κ2) is 7.60. The molecule has 2 heterocycles. The molecule has 0 spiro atoms. The average molecular weight is 375 g/mol. The van der Waals surface area contributed by atoms with Crippen LogP contribution >= 0.6 is 11.3 Å². The van der Waals surface area contributed by atoms with E-state index in [1.807, 2.05) is 41.8 Å². The van der Waals surface area contributed by atoms with Gasteiger partial charge in [-0.2, -0.15) is 0 Å². The van der Waals surface area contributed by atoms with E-state index in [4.69, 9.17) is 9.47 Å². The lowest BCUT2D eigenvalue weighted by atomic mass is 10.1. The molecule has 0 bridgehead atoms. The molecule has 3 aromatic rings. The predicted octanol–water partition coefficient (Wildman–Crippen LogP) is 4.98. The zero-order valence-electron chi connectivity index (χ0n) is 14.7. The van der Waals surface area contributed by atoms with Crippen molar-refractivity contribution in [3.8, 4) is 5.75 Å². The van der Waals surface area contributed by atoms with Crippen LogP contribution in [0.2, 0.25) is 0 Å². The standard InChI is InChI=1S/C22H17NO3S/c1-15-7-9-16(10-8-15)14-25-18-5-2-4-17(12-18)13-19-22(24)26-21(23-19)20-6-3-11-27-20/h2-13H,14H2,1H3/b19-13-. The number of esters is 1. The number of thiophene rings is 1. The first-order chi connectivity index (χ1) is 13.2. The van der Waals surface area contributed by atoms with Crippen molar-refractivity contribution in [2.24, 2.45) is 4.99 Å². The Hall–Kier alpha value is -3.18. The molecule has 0 unspecified atom stereocenters. The van der Waals surface area contributed by atoms with Gasteiger partial charge in [-0.3, -0.25) is 0 Å². The van der Waals surface area contributed by atoms with Crippen LogP contribution in [0.5, 0.6) is 5.75 Å². The van der Waals surface area contributed by atoms with Gasteiger partial charge >= 0.3 is 5.97 Å². The zero-order valence-corrected chi connectivity index (χ0v) is 15.5. The first-order valence-corrected chi connectivity index (χ1v) is 9.40. The van der Waals surface area contributed by atoms with Crippen molar-refractivity contribution >= 4 is 29.3 Å². The largest absolute Gasteiger partial charge is 0.489 e. The van der Waals surface area contributed by atoms with E-state index < -0.39 is 5.97 Å². The predicted molar refractivity (Wildman–Crippen MR) is 107 cm³/mol. The number of rotatable bonds is 5. The van der Waals surface area contributed by atoms with Gasteiger partial charge in [0.25, 0.3) is 0 Å². The Morgan fingerprint density at radius 1 is 1.11 bits per heavy atom. The van der Waals surface area contributed by atoms with Gasteiger partial charge in [-0.15, -0.1) is 11.3 Å². The number of carbonyl (C=O) groups excluding carboxylic acids is 1. The van der Waals surface area contributed by atoms with Crippen molar-refractivity contribution in [3.63, 3.8) is 0 Å². The van der Waals surface area contributed by atoms with E-state index in [2.05, 4.69) is 36.2 Å². The third-order valence-electron chi connectivity index (χ3n) is 4.04. The molecule has 5 heteroatoms. The van der Waals surface area contributed by atoms with E-state index in [0.29, 0.717) is 12.5 Å². The molecule has 0 fully saturated rings. The first-order valence-electron chi connectivity index (χ1n) is 8.52. The minimum absolute atomic E-state index is 0.286. The summed E-state index contributed by atoms with van der Waals surface area (Å²) in [5.41, 5.74) is 3.45. The van der Waals surface area contributed by atoms with E-state index in [1.165, 1.54) is 16.9 Å². The molecule has 4 nitrogen and oxygen atoms in total. The molecule has 0 atom stereocenters. The van der Waals surface area contributed by atoms with Gasteiger partial charge in [0.1, 0.15) is 12.4 Å². The zero-order chi connectivity index (χ0) is 18.6. The minimum atomic E-state index is -0.440. The molecule has 0 aliphatic carbocycles. The lowest BCUT2D eigenvalue weighted by Crippen LogP contribution is -2.03. The van der Waals surface area contributed by atoms with Crippen LogP contribution in [0.3, 0.4) is 0 Å². The molecule has 1 aliphatic heterocycles. The monoisotopic (exact) mass is 375 g/mol. The van der Waals surface area contributed by atoms with Gasteiger partial charge in [0.05, 0.1) is 4.88 Å². The van der Waals surface area contributed by atoms with Crippen LogP contribution in [0, 0.1) is 6.92 Å². The molecular formula is C22H17NO3S. The number of hydrogen-bond donors (Lipinski definition) is 0. The van der Waals surface area contributed by atoms with Gasteiger partial charge in [-0.25, -0.2) is 9.79 Å². The highest BCUT2D eigenvalue weighted by Crippen LogP contribution is 2.23. The highest BCUT2D eigenvalue weighted by Gasteiger charge is 2.24. The Balaban J connectivity index is 1.49. The number of hydrogen-bond acceptors (Lipinski definition) is 5. The molecule has 0 saturated heterocycles. The summed E-state index contributed by atoms with van der Waals surface area (Å²) in [7, 11) is 0. The number of benzene rings is 2. The second-order valence-electron chi connectivity index (χ2n) is 6.16. The van der Waals surface area contributed by atoms with Crippen molar-refractivity contribution in [1.29, 1.82) is 0 Å². The molecule has 2 aromatic carbocycles. The van der Waals surface area contributed by atoms with Crippen molar-refractivity contribution in [3.05, 3.63) is 93.3 Å². The summed E-state index contributed by atoms with van der Waals surface area (Å²) in [4.78, 5) is 17.2. The topological polar surface area (TPSA) is 47.9 Å². The van der Waals surface area contributed by atoms with Crippen LogP contribution in [0.25, 0.3) is 6.08 Å². The summed E-state index contributed by atoms with van der Waals surface area (Å²) in [6.45, 7) is 2.55. The Labute approximate surface area is 161 Å². The molecule has 4 rings (SSSR count). The summed E-state index contributed by atoms with van der Waals surface area (Å²) in [5, 5.41) is 1.92. The van der Waals surface area contributed by atoms with Gasteiger partial charge < -0.3 is 9.47 Å². The van der Waals surface area contributed by atoms with Gasteiger partial charge in [0.15, 0.2) is 5.70 Å². The molecular weight excluding hydrogens is 358 g/mol. The highest BCUT2D eigenvalue weighted by molar-refractivity contribution is 7.12.